The first-order valence-corrected chi connectivity index (χ1v) is 2.59. The van der Waals surface area contributed by atoms with E-state index in [1.54, 1.807) is 18.2 Å². The smallest absolute Gasteiger partial charge is 0.220 e. The van der Waals surface area contributed by atoms with E-state index in [9.17, 15) is 4.79 Å². The Morgan fingerprint density at radius 1 is 1.11 bits per heavy atom. The maximum absolute atomic E-state index is 10.6. The van der Waals surface area contributed by atoms with Crippen LogP contribution in [0.1, 0.15) is 0 Å². The van der Waals surface area contributed by atoms with Gasteiger partial charge in [0.2, 0.25) is 5.43 Å². The highest BCUT2D eigenvalue weighted by Gasteiger charge is 1.85. The lowest BCUT2D eigenvalue weighted by Gasteiger charge is -1.74. The fourth-order valence-electron chi connectivity index (χ4n) is 0.521. The van der Waals surface area contributed by atoms with Gasteiger partial charge in [-0.25, -0.2) is 0 Å². The molecule has 0 atom stereocenters. The summed E-state index contributed by atoms with van der Waals surface area (Å²) in [6.45, 7) is 0. The van der Waals surface area contributed by atoms with Crippen LogP contribution in [0.25, 0.3) is 0 Å². The fourth-order valence-corrected chi connectivity index (χ4v) is 0.521. The van der Waals surface area contributed by atoms with E-state index in [4.69, 9.17) is 5.11 Å². The monoisotopic (exact) mass is 126 g/mol. The van der Waals surface area contributed by atoms with Gasteiger partial charge < -0.3 is 5.11 Å². The van der Waals surface area contributed by atoms with Crippen molar-refractivity contribution in [3.05, 3.63) is 40.6 Å². The van der Waals surface area contributed by atoms with Gasteiger partial charge in [0, 0.05) is 0 Å². The Kier molecular flexibility index (Phi) is 1.49. The molecule has 1 aromatic rings. The van der Waals surface area contributed by atoms with E-state index < -0.39 is 0 Å². The van der Waals surface area contributed by atoms with Gasteiger partial charge in [-0.3, -0.25) is 4.79 Å². The molecule has 0 radical (unpaired) electrons. The maximum atomic E-state index is 10.6. The van der Waals surface area contributed by atoms with Gasteiger partial charge in [0.05, 0.1) is 0 Å². The first-order chi connectivity index (χ1) is 4.30. The quantitative estimate of drug-likeness (QED) is 0.521. The molecule has 0 aliphatic carbocycles. The average Bonchev–Trinajstić information content (AvgIpc) is 1.99. The van der Waals surface area contributed by atoms with Crippen LogP contribution in [0, 0.1) is 0 Å². The van der Waals surface area contributed by atoms with Crippen molar-refractivity contribution in [1.82, 2.24) is 0 Å². The largest absolute Gasteiger partial charge is 0.504 e. The Bertz CT molecular complexity index is 255. The standard InChI is InChI=1S/C7H6O2/c8-6-4-2-1-3-5-7(6)9/h1-5H,(H,8,9)/i8+2,9+2. The summed E-state index contributed by atoms with van der Waals surface area (Å²) in [5.74, 6) is -0.208. The third-order valence-electron chi connectivity index (χ3n) is 0.976. The van der Waals surface area contributed by atoms with Gasteiger partial charge in [-0.05, 0) is 12.1 Å². The summed E-state index contributed by atoms with van der Waals surface area (Å²) in [5, 5.41) is 8.77. The molecule has 2 heteroatoms. The Morgan fingerprint density at radius 3 is 2.56 bits per heavy atom. The van der Waals surface area contributed by atoms with Crippen LogP contribution in [0.5, 0.6) is 5.75 Å². The van der Waals surface area contributed by atoms with Gasteiger partial charge in [0.25, 0.3) is 0 Å². The number of hydrogen-bond donors (Lipinski definition) is 1. The molecule has 2 nitrogen and oxygen atoms in total. The van der Waals surface area contributed by atoms with Gasteiger partial charge in [0.1, 0.15) is 0 Å². The zero-order valence-corrected chi connectivity index (χ0v) is 4.74. The summed E-state index contributed by atoms with van der Waals surface area (Å²) in [6, 6.07) is 7.55. The molecule has 0 bridgehead atoms. The van der Waals surface area contributed by atoms with Gasteiger partial charge in [-0.15, -0.1) is 0 Å². The van der Waals surface area contributed by atoms with Crippen molar-refractivity contribution in [2.45, 2.75) is 0 Å². The van der Waals surface area contributed by atoms with Crippen molar-refractivity contribution >= 4 is 0 Å². The van der Waals surface area contributed by atoms with Crippen molar-refractivity contribution in [2.24, 2.45) is 0 Å². The Hall–Kier alpha value is -1.31. The lowest BCUT2D eigenvalue weighted by Crippen LogP contribution is -1.90. The fraction of sp³-hybridized carbons (Fsp3) is 0. The van der Waals surface area contributed by atoms with E-state index >= 15 is 0 Å². The van der Waals surface area contributed by atoms with Crippen molar-refractivity contribution in [2.75, 3.05) is 0 Å². The van der Waals surface area contributed by atoms with Gasteiger partial charge >= 0.3 is 0 Å². The predicted molar refractivity (Wildman–Crippen MR) is 34.4 cm³/mol. The highest BCUT2D eigenvalue weighted by Crippen LogP contribution is 1.93. The summed E-state index contributed by atoms with van der Waals surface area (Å²) >= 11 is 0. The topological polar surface area (TPSA) is 37.3 Å². The van der Waals surface area contributed by atoms with E-state index in [0.29, 0.717) is 0 Å². The van der Waals surface area contributed by atoms with Crippen LogP contribution < -0.4 is 5.43 Å². The number of rotatable bonds is 0. The molecule has 1 aromatic carbocycles. The Morgan fingerprint density at radius 2 is 1.78 bits per heavy atom. The molecule has 1 N–H and O–H groups in total. The minimum Gasteiger partial charge on any atom is -0.504 e. The minimum absolute atomic E-state index is 0.208. The first kappa shape index (κ1) is 5.82. The summed E-state index contributed by atoms with van der Waals surface area (Å²) in [4.78, 5) is 10.6. The molecule has 0 aliphatic rings. The summed E-state index contributed by atoms with van der Waals surface area (Å²) in [7, 11) is 0. The summed E-state index contributed by atoms with van der Waals surface area (Å²) in [5.41, 5.74) is -0.347. The lowest BCUT2D eigenvalue weighted by atomic mass is 10.5. The van der Waals surface area contributed by atoms with E-state index in [1.165, 1.54) is 12.1 Å². The van der Waals surface area contributed by atoms with Crippen LogP contribution in [0.3, 0.4) is 0 Å². The number of hydrogen-bond acceptors (Lipinski definition) is 2. The molecule has 0 spiro atoms. The molecule has 46 valence electrons. The molecule has 0 heterocycles. The van der Waals surface area contributed by atoms with Crippen molar-refractivity contribution in [1.29, 1.82) is 0 Å². The summed E-state index contributed by atoms with van der Waals surface area (Å²) in [6.07, 6.45) is 0. The average molecular weight is 126 g/mol. The second kappa shape index (κ2) is 2.31. The van der Waals surface area contributed by atoms with Crippen LogP contribution in [-0.2, 0) is 0 Å². The third kappa shape index (κ3) is 1.29. The van der Waals surface area contributed by atoms with E-state index in [1.807, 2.05) is 0 Å². The maximum Gasteiger partial charge on any atom is 0.220 e. The molecular weight excluding hydrogens is 120 g/mol. The zero-order valence-electron chi connectivity index (χ0n) is 4.74. The van der Waals surface area contributed by atoms with Crippen LogP contribution >= 0.6 is 0 Å². The highest BCUT2D eigenvalue weighted by atomic mass is 18.2. The summed E-state index contributed by atoms with van der Waals surface area (Å²) < 4.78 is 0. The van der Waals surface area contributed by atoms with Crippen LogP contribution in [-0.4, -0.2) is 5.11 Å². The second-order valence-corrected chi connectivity index (χ2v) is 1.66. The zero-order chi connectivity index (χ0) is 6.69. The molecule has 0 saturated heterocycles. The first-order valence-electron chi connectivity index (χ1n) is 2.59. The van der Waals surface area contributed by atoms with Crippen LogP contribution in [0.4, 0.5) is 0 Å². The lowest BCUT2D eigenvalue weighted by molar-refractivity contribution is 0.471. The molecule has 0 unspecified atom stereocenters. The van der Waals surface area contributed by atoms with Gasteiger partial charge in [-0.1, -0.05) is 18.2 Å². The van der Waals surface area contributed by atoms with Gasteiger partial charge in [0.15, 0.2) is 5.75 Å². The van der Waals surface area contributed by atoms with Crippen LogP contribution in [0.15, 0.2) is 35.1 Å². The van der Waals surface area contributed by atoms with Crippen LogP contribution in [0.2, 0.25) is 0 Å². The normalized spacial score (nSPS) is 8.89. The van der Waals surface area contributed by atoms with E-state index in [2.05, 4.69) is 0 Å². The Labute approximate surface area is 52.4 Å². The third-order valence-corrected chi connectivity index (χ3v) is 0.976. The van der Waals surface area contributed by atoms with Crippen molar-refractivity contribution in [3.63, 3.8) is 0 Å². The SMILES string of the molecule is [18O]=c1cccccc1[18OH]. The predicted octanol–water partition coefficient (Wildman–Crippen LogP) is 0.752. The molecule has 0 aliphatic heterocycles. The molecule has 0 saturated carbocycles. The highest BCUT2D eigenvalue weighted by molar-refractivity contribution is 5.17. The molecule has 0 fully saturated rings. The van der Waals surface area contributed by atoms with Gasteiger partial charge in [-0.2, -0.15) is 0 Å². The molecule has 9 heavy (non-hydrogen) atoms. The molecule has 0 amide bonds. The number of aromatic hydroxyl groups is 1. The molecular formula is C7H6O2. The minimum atomic E-state index is -0.347. The van der Waals surface area contributed by atoms with E-state index in [0.717, 1.165) is 0 Å². The van der Waals surface area contributed by atoms with Crippen molar-refractivity contribution in [3.8, 4) is 5.75 Å². The van der Waals surface area contributed by atoms with Crippen molar-refractivity contribution < 1.29 is 5.11 Å². The molecule has 0 aromatic heterocycles. The second-order valence-electron chi connectivity index (χ2n) is 1.66. The molecule has 1 rings (SSSR count). The van der Waals surface area contributed by atoms with E-state index in [-0.39, 0.29) is 11.2 Å². The Balaban J connectivity index is 3.42.